The van der Waals surface area contributed by atoms with Gasteiger partial charge in [-0.1, -0.05) is 6.92 Å². The lowest BCUT2D eigenvalue weighted by Gasteiger charge is -2.05. The van der Waals surface area contributed by atoms with E-state index in [1.54, 1.807) is 0 Å². The van der Waals surface area contributed by atoms with E-state index < -0.39 is 0 Å². The molecule has 0 bridgehead atoms. The Balaban J connectivity index is 2.30. The van der Waals surface area contributed by atoms with Gasteiger partial charge < -0.3 is 4.74 Å². The van der Waals surface area contributed by atoms with Crippen LogP contribution in [0.4, 0.5) is 0 Å². The van der Waals surface area contributed by atoms with Crippen molar-refractivity contribution in [3.05, 3.63) is 0 Å². The van der Waals surface area contributed by atoms with E-state index in [0.29, 0.717) is 11.8 Å². The Bertz CT molecular complexity index is 74.9. The lowest BCUT2D eigenvalue weighted by atomic mass is 10.0. The van der Waals surface area contributed by atoms with Crippen molar-refractivity contribution >= 4 is 11.6 Å². The molecule has 1 rings (SSSR count). The highest BCUT2D eigenvalue weighted by Crippen LogP contribution is 2.20. The number of hydrogen-bond acceptors (Lipinski definition) is 1. The van der Waals surface area contributed by atoms with E-state index in [0.717, 1.165) is 19.1 Å². The Labute approximate surface area is 55.0 Å². The van der Waals surface area contributed by atoms with E-state index in [1.807, 2.05) is 0 Å². The molecular weight excluding hydrogens is 124 g/mol. The summed E-state index contributed by atoms with van der Waals surface area (Å²) in [5.74, 6) is 2.03. The van der Waals surface area contributed by atoms with E-state index >= 15 is 0 Å². The first-order valence-corrected chi connectivity index (χ1v) is 3.51. The van der Waals surface area contributed by atoms with Gasteiger partial charge in [0.1, 0.15) is 0 Å². The average molecular weight is 135 g/mol. The molecule has 48 valence electrons. The lowest BCUT2D eigenvalue weighted by molar-refractivity contribution is 0.183. The van der Waals surface area contributed by atoms with E-state index in [-0.39, 0.29) is 0 Å². The van der Waals surface area contributed by atoms with Gasteiger partial charge in [0, 0.05) is 18.4 Å². The maximum Gasteiger partial charge on any atom is 0.0509 e. The largest absolute Gasteiger partial charge is 0.381 e. The fourth-order valence-corrected chi connectivity index (χ4v) is 1.30. The molecule has 8 heavy (non-hydrogen) atoms. The highest BCUT2D eigenvalue weighted by atomic mass is 35.5. The summed E-state index contributed by atoms with van der Waals surface area (Å²) in [5, 5.41) is 0. The molecule has 0 N–H and O–H groups in total. The predicted octanol–water partition coefficient (Wildman–Crippen LogP) is 1.51. The van der Waals surface area contributed by atoms with Gasteiger partial charge in [0.25, 0.3) is 0 Å². The molecule has 0 amide bonds. The third kappa shape index (κ3) is 1.15. The minimum Gasteiger partial charge on any atom is -0.381 e. The Kier molecular flexibility index (Phi) is 2.15. The van der Waals surface area contributed by atoms with Crippen LogP contribution in [-0.4, -0.2) is 19.1 Å². The van der Waals surface area contributed by atoms with Gasteiger partial charge in [-0.3, -0.25) is 0 Å². The molecule has 0 spiro atoms. The van der Waals surface area contributed by atoms with E-state index in [2.05, 4.69) is 6.92 Å². The van der Waals surface area contributed by atoms with Gasteiger partial charge in [-0.2, -0.15) is 0 Å². The average Bonchev–Trinajstić information content (AvgIpc) is 2.14. The molecular formula is C6H11ClO. The number of ether oxygens (including phenoxy) is 1. The van der Waals surface area contributed by atoms with Gasteiger partial charge in [0.15, 0.2) is 0 Å². The van der Waals surface area contributed by atoms with Crippen molar-refractivity contribution in [1.29, 1.82) is 0 Å². The molecule has 1 heterocycles. The molecule has 1 saturated heterocycles. The number of halogens is 1. The summed E-state index contributed by atoms with van der Waals surface area (Å²) in [6, 6.07) is 0. The highest BCUT2D eigenvalue weighted by molar-refractivity contribution is 6.18. The van der Waals surface area contributed by atoms with Crippen LogP contribution in [-0.2, 0) is 4.74 Å². The zero-order chi connectivity index (χ0) is 5.98. The Morgan fingerprint density at radius 1 is 1.62 bits per heavy atom. The standard InChI is InChI=1S/C6H11ClO/c1-5-3-8-4-6(5)2-7/h5-6H,2-4H2,1H3. The summed E-state index contributed by atoms with van der Waals surface area (Å²) in [5.41, 5.74) is 0. The highest BCUT2D eigenvalue weighted by Gasteiger charge is 2.22. The second-order valence-electron chi connectivity index (χ2n) is 2.43. The molecule has 2 heteroatoms. The van der Waals surface area contributed by atoms with Crippen molar-refractivity contribution in [1.82, 2.24) is 0 Å². The number of rotatable bonds is 1. The molecule has 0 aromatic rings. The van der Waals surface area contributed by atoms with Gasteiger partial charge in [0.05, 0.1) is 6.61 Å². The van der Waals surface area contributed by atoms with Crippen molar-refractivity contribution in [3.8, 4) is 0 Å². The molecule has 0 aromatic carbocycles. The molecule has 1 aliphatic rings. The molecule has 2 unspecified atom stereocenters. The third-order valence-corrected chi connectivity index (χ3v) is 2.11. The summed E-state index contributed by atoms with van der Waals surface area (Å²) in [4.78, 5) is 0. The molecule has 0 radical (unpaired) electrons. The Morgan fingerprint density at radius 2 is 2.38 bits per heavy atom. The molecule has 0 saturated carbocycles. The quantitative estimate of drug-likeness (QED) is 0.494. The normalized spacial score (nSPS) is 38.2. The van der Waals surface area contributed by atoms with Crippen LogP contribution in [0.1, 0.15) is 6.92 Å². The van der Waals surface area contributed by atoms with Crippen molar-refractivity contribution in [2.24, 2.45) is 11.8 Å². The minimum absolute atomic E-state index is 0.608. The molecule has 1 nitrogen and oxygen atoms in total. The van der Waals surface area contributed by atoms with Gasteiger partial charge in [-0.05, 0) is 5.92 Å². The third-order valence-electron chi connectivity index (χ3n) is 1.72. The van der Waals surface area contributed by atoms with Crippen molar-refractivity contribution in [3.63, 3.8) is 0 Å². The zero-order valence-electron chi connectivity index (χ0n) is 5.06. The molecule has 2 atom stereocenters. The fourth-order valence-electron chi connectivity index (χ4n) is 0.902. The fraction of sp³-hybridized carbons (Fsp3) is 1.00. The van der Waals surface area contributed by atoms with Crippen LogP contribution in [0.15, 0.2) is 0 Å². The summed E-state index contributed by atoms with van der Waals surface area (Å²) in [7, 11) is 0. The maximum absolute atomic E-state index is 5.62. The maximum atomic E-state index is 5.62. The van der Waals surface area contributed by atoms with Crippen LogP contribution < -0.4 is 0 Å². The summed E-state index contributed by atoms with van der Waals surface area (Å²) < 4.78 is 5.18. The van der Waals surface area contributed by atoms with E-state index in [9.17, 15) is 0 Å². The van der Waals surface area contributed by atoms with E-state index in [1.165, 1.54) is 0 Å². The molecule has 0 aromatic heterocycles. The molecule has 0 aliphatic carbocycles. The van der Waals surface area contributed by atoms with Crippen LogP contribution in [0.25, 0.3) is 0 Å². The smallest absolute Gasteiger partial charge is 0.0509 e. The van der Waals surface area contributed by atoms with Crippen LogP contribution in [0, 0.1) is 11.8 Å². The van der Waals surface area contributed by atoms with Gasteiger partial charge in [-0.15, -0.1) is 11.6 Å². The summed E-state index contributed by atoms with van der Waals surface area (Å²) >= 11 is 5.62. The predicted molar refractivity (Wildman–Crippen MR) is 34.2 cm³/mol. The van der Waals surface area contributed by atoms with Crippen molar-refractivity contribution < 1.29 is 4.74 Å². The first kappa shape index (κ1) is 6.37. The summed E-state index contributed by atoms with van der Waals surface area (Å²) in [6.07, 6.45) is 0. The zero-order valence-corrected chi connectivity index (χ0v) is 5.82. The van der Waals surface area contributed by atoms with Gasteiger partial charge in [-0.25, -0.2) is 0 Å². The number of hydrogen-bond donors (Lipinski definition) is 0. The molecule has 1 aliphatic heterocycles. The van der Waals surface area contributed by atoms with Crippen LogP contribution in [0.3, 0.4) is 0 Å². The Morgan fingerprint density at radius 3 is 2.62 bits per heavy atom. The van der Waals surface area contributed by atoms with Crippen molar-refractivity contribution in [2.75, 3.05) is 19.1 Å². The minimum atomic E-state index is 0.608. The van der Waals surface area contributed by atoms with Gasteiger partial charge >= 0.3 is 0 Å². The van der Waals surface area contributed by atoms with Crippen LogP contribution in [0.2, 0.25) is 0 Å². The number of alkyl halides is 1. The Hall–Kier alpha value is 0.250. The van der Waals surface area contributed by atoms with Gasteiger partial charge in [0.2, 0.25) is 0 Å². The second kappa shape index (κ2) is 2.70. The first-order chi connectivity index (χ1) is 3.84. The molecule has 1 fully saturated rings. The van der Waals surface area contributed by atoms with E-state index in [4.69, 9.17) is 16.3 Å². The topological polar surface area (TPSA) is 9.23 Å². The van der Waals surface area contributed by atoms with Crippen LogP contribution in [0.5, 0.6) is 0 Å². The summed E-state index contributed by atoms with van der Waals surface area (Å²) in [6.45, 7) is 3.95. The SMILES string of the molecule is CC1COCC1CCl. The van der Waals surface area contributed by atoms with Crippen molar-refractivity contribution in [2.45, 2.75) is 6.92 Å². The second-order valence-corrected chi connectivity index (χ2v) is 2.74. The van der Waals surface area contributed by atoms with Crippen LogP contribution >= 0.6 is 11.6 Å². The monoisotopic (exact) mass is 134 g/mol. The lowest BCUT2D eigenvalue weighted by Crippen LogP contribution is -2.09. The first-order valence-electron chi connectivity index (χ1n) is 2.98.